The molecule has 13 heavy (non-hydrogen) atoms. The Hall–Kier alpha value is -0.890. The molecule has 1 heterocycles. The molecule has 0 spiro atoms. The highest BCUT2D eigenvalue weighted by molar-refractivity contribution is 5.17. The predicted molar refractivity (Wildman–Crippen MR) is 55.7 cm³/mol. The van der Waals surface area contributed by atoms with Gasteiger partial charge in [-0.3, -0.25) is 4.98 Å². The molecule has 0 amide bonds. The van der Waals surface area contributed by atoms with Crippen molar-refractivity contribution >= 4 is 0 Å². The van der Waals surface area contributed by atoms with Gasteiger partial charge < -0.3 is 5.32 Å². The molecule has 1 atom stereocenters. The molecule has 0 aliphatic rings. The molecule has 2 nitrogen and oxygen atoms in total. The number of nitrogens with zero attached hydrogens (tertiary/aromatic N) is 1. The quantitative estimate of drug-likeness (QED) is 0.766. The molecule has 1 N–H and O–H groups in total. The van der Waals surface area contributed by atoms with Gasteiger partial charge in [-0.25, -0.2) is 0 Å². The van der Waals surface area contributed by atoms with Gasteiger partial charge in [0, 0.05) is 12.2 Å². The first-order valence-electron chi connectivity index (χ1n) is 4.87. The van der Waals surface area contributed by atoms with E-state index in [0.29, 0.717) is 6.04 Å². The van der Waals surface area contributed by atoms with Crippen LogP contribution in [-0.2, 0) is 0 Å². The average molecular weight is 178 g/mol. The molecule has 0 saturated carbocycles. The van der Waals surface area contributed by atoms with Crippen LogP contribution in [0.3, 0.4) is 0 Å². The van der Waals surface area contributed by atoms with E-state index in [0.717, 1.165) is 12.1 Å². The third-order valence-electron chi connectivity index (χ3n) is 2.22. The van der Waals surface area contributed by atoms with Gasteiger partial charge in [0.05, 0.1) is 5.69 Å². The first-order chi connectivity index (χ1) is 6.27. The van der Waals surface area contributed by atoms with Gasteiger partial charge in [-0.05, 0) is 38.1 Å². The minimum atomic E-state index is 0.407. The third kappa shape index (κ3) is 2.81. The molecule has 1 aromatic heterocycles. The summed E-state index contributed by atoms with van der Waals surface area (Å²) in [5, 5.41) is 3.28. The van der Waals surface area contributed by atoms with Crippen LogP contribution in [0, 0.1) is 6.92 Å². The van der Waals surface area contributed by atoms with E-state index in [2.05, 4.69) is 30.2 Å². The van der Waals surface area contributed by atoms with Crippen LogP contribution in [0.5, 0.6) is 0 Å². The molecular formula is C11H18N2. The van der Waals surface area contributed by atoms with Gasteiger partial charge in [-0.1, -0.05) is 13.3 Å². The number of nitrogens with one attached hydrogen (secondary N) is 1. The summed E-state index contributed by atoms with van der Waals surface area (Å²) in [5.74, 6) is 0. The van der Waals surface area contributed by atoms with E-state index in [1.54, 1.807) is 0 Å². The summed E-state index contributed by atoms with van der Waals surface area (Å²) in [4.78, 5) is 4.37. The minimum absolute atomic E-state index is 0.407. The molecular weight excluding hydrogens is 160 g/mol. The second-order valence-electron chi connectivity index (χ2n) is 3.39. The van der Waals surface area contributed by atoms with Gasteiger partial charge in [0.2, 0.25) is 0 Å². The van der Waals surface area contributed by atoms with Crippen molar-refractivity contribution in [3.8, 4) is 0 Å². The molecule has 1 unspecified atom stereocenters. The maximum Gasteiger partial charge on any atom is 0.0575 e. The van der Waals surface area contributed by atoms with Crippen LogP contribution in [-0.4, -0.2) is 12.0 Å². The lowest BCUT2D eigenvalue weighted by molar-refractivity contribution is 0.528. The lowest BCUT2D eigenvalue weighted by atomic mass is 10.1. The van der Waals surface area contributed by atoms with Gasteiger partial charge >= 0.3 is 0 Å². The Balaban J connectivity index is 2.78. The molecule has 72 valence electrons. The van der Waals surface area contributed by atoms with Gasteiger partial charge in [0.1, 0.15) is 0 Å². The van der Waals surface area contributed by atoms with Crippen molar-refractivity contribution in [2.45, 2.75) is 32.7 Å². The van der Waals surface area contributed by atoms with Crippen molar-refractivity contribution in [2.75, 3.05) is 7.05 Å². The maximum absolute atomic E-state index is 4.37. The molecule has 0 aliphatic carbocycles. The van der Waals surface area contributed by atoms with Gasteiger partial charge in [-0.2, -0.15) is 0 Å². The second kappa shape index (κ2) is 4.97. The summed E-state index contributed by atoms with van der Waals surface area (Å²) in [7, 11) is 1.99. The van der Waals surface area contributed by atoms with Crippen molar-refractivity contribution in [3.05, 3.63) is 29.6 Å². The zero-order chi connectivity index (χ0) is 9.68. The summed E-state index contributed by atoms with van der Waals surface area (Å²) in [6.45, 7) is 4.30. The Kier molecular flexibility index (Phi) is 3.90. The number of aromatic nitrogens is 1. The first-order valence-corrected chi connectivity index (χ1v) is 4.87. The highest BCUT2D eigenvalue weighted by atomic mass is 14.9. The fraction of sp³-hybridized carbons (Fsp3) is 0.545. The SMILES string of the molecule is CCCC(NC)c1cc(C)ccn1. The number of aryl methyl sites for hydroxylation is 1. The fourth-order valence-electron chi connectivity index (χ4n) is 1.48. The van der Waals surface area contributed by atoms with Gasteiger partial charge in [-0.15, -0.1) is 0 Å². The van der Waals surface area contributed by atoms with Crippen molar-refractivity contribution in [2.24, 2.45) is 0 Å². The molecule has 1 rings (SSSR count). The van der Waals surface area contributed by atoms with Crippen LogP contribution >= 0.6 is 0 Å². The topological polar surface area (TPSA) is 24.9 Å². The van der Waals surface area contributed by atoms with Crippen molar-refractivity contribution in [1.29, 1.82) is 0 Å². The molecule has 1 aromatic rings. The van der Waals surface area contributed by atoms with Crippen LogP contribution < -0.4 is 5.32 Å². The zero-order valence-corrected chi connectivity index (χ0v) is 8.67. The maximum atomic E-state index is 4.37. The van der Waals surface area contributed by atoms with Crippen LogP contribution in [0.1, 0.15) is 37.1 Å². The van der Waals surface area contributed by atoms with Crippen molar-refractivity contribution in [3.63, 3.8) is 0 Å². The number of rotatable bonds is 4. The van der Waals surface area contributed by atoms with E-state index in [-0.39, 0.29) is 0 Å². The minimum Gasteiger partial charge on any atom is -0.312 e. The number of pyridine rings is 1. The molecule has 0 saturated heterocycles. The Morgan fingerprint density at radius 3 is 2.85 bits per heavy atom. The highest BCUT2D eigenvalue weighted by Gasteiger charge is 2.08. The number of hydrogen-bond donors (Lipinski definition) is 1. The lowest BCUT2D eigenvalue weighted by Crippen LogP contribution is -2.17. The smallest absolute Gasteiger partial charge is 0.0575 e. The third-order valence-corrected chi connectivity index (χ3v) is 2.22. The summed E-state index contributed by atoms with van der Waals surface area (Å²) in [5.41, 5.74) is 2.44. The van der Waals surface area contributed by atoms with Crippen LogP contribution in [0.2, 0.25) is 0 Å². The van der Waals surface area contributed by atoms with Gasteiger partial charge in [0.25, 0.3) is 0 Å². The molecule has 0 aliphatic heterocycles. The summed E-state index contributed by atoms with van der Waals surface area (Å²) >= 11 is 0. The Bertz CT molecular complexity index is 258. The largest absolute Gasteiger partial charge is 0.312 e. The van der Waals surface area contributed by atoms with Crippen LogP contribution in [0.4, 0.5) is 0 Å². The average Bonchev–Trinajstić information content (AvgIpc) is 2.14. The van der Waals surface area contributed by atoms with E-state index < -0.39 is 0 Å². The second-order valence-corrected chi connectivity index (χ2v) is 3.39. The van der Waals surface area contributed by atoms with Crippen molar-refractivity contribution < 1.29 is 0 Å². The first kappa shape index (κ1) is 10.2. The van der Waals surface area contributed by atoms with E-state index in [1.165, 1.54) is 12.0 Å². The van der Waals surface area contributed by atoms with Gasteiger partial charge in [0.15, 0.2) is 0 Å². The highest BCUT2D eigenvalue weighted by Crippen LogP contribution is 2.15. The molecule has 0 aromatic carbocycles. The van der Waals surface area contributed by atoms with E-state index >= 15 is 0 Å². The molecule has 2 heteroatoms. The van der Waals surface area contributed by atoms with Crippen LogP contribution in [0.15, 0.2) is 18.3 Å². The molecule has 0 radical (unpaired) electrons. The predicted octanol–water partition coefficient (Wildman–Crippen LogP) is 2.45. The van der Waals surface area contributed by atoms with Crippen molar-refractivity contribution in [1.82, 2.24) is 10.3 Å². The summed E-state index contributed by atoms with van der Waals surface area (Å²) in [6.07, 6.45) is 4.21. The monoisotopic (exact) mass is 178 g/mol. The molecule has 0 bridgehead atoms. The Morgan fingerprint density at radius 2 is 2.31 bits per heavy atom. The Labute approximate surface area is 80.4 Å². The summed E-state index contributed by atoms with van der Waals surface area (Å²) < 4.78 is 0. The lowest BCUT2D eigenvalue weighted by Gasteiger charge is -2.14. The standard InChI is InChI=1S/C11H18N2/c1-4-5-10(12-3)11-8-9(2)6-7-13-11/h6-8,10,12H,4-5H2,1-3H3. The molecule has 0 fully saturated rings. The summed E-state index contributed by atoms with van der Waals surface area (Å²) in [6, 6.07) is 4.59. The van der Waals surface area contributed by atoms with E-state index in [9.17, 15) is 0 Å². The Morgan fingerprint density at radius 1 is 1.54 bits per heavy atom. The van der Waals surface area contributed by atoms with E-state index in [1.807, 2.05) is 19.3 Å². The van der Waals surface area contributed by atoms with E-state index in [4.69, 9.17) is 0 Å². The zero-order valence-electron chi connectivity index (χ0n) is 8.67. The normalized spacial score (nSPS) is 12.8. The fourth-order valence-corrected chi connectivity index (χ4v) is 1.48. The van der Waals surface area contributed by atoms with Crippen LogP contribution in [0.25, 0.3) is 0 Å². The number of hydrogen-bond acceptors (Lipinski definition) is 2.